The van der Waals surface area contributed by atoms with E-state index in [4.69, 9.17) is 0 Å². The molecule has 1 saturated heterocycles. The molecular formula is C12H15F2NO2S. The summed E-state index contributed by atoms with van der Waals surface area (Å²) < 4.78 is 50.1. The van der Waals surface area contributed by atoms with Crippen molar-refractivity contribution in [1.29, 1.82) is 0 Å². The van der Waals surface area contributed by atoms with Gasteiger partial charge in [0, 0.05) is 11.8 Å². The van der Waals surface area contributed by atoms with Gasteiger partial charge >= 0.3 is 0 Å². The second kappa shape index (κ2) is 4.28. The highest BCUT2D eigenvalue weighted by molar-refractivity contribution is 7.90. The van der Waals surface area contributed by atoms with Crippen LogP contribution < -0.4 is 5.32 Å². The quantitative estimate of drug-likeness (QED) is 0.897. The summed E-state index contributed by atoms with van der Waals surface area (Å²) in [5.74, 6) is -2.05. The van der Waals surface area contributed by atoms with E-state index in [0.717, 1.165) is 37.8 Å². The maximum absolute atomic E-state index is 13.8. The molecule has 0 amide bonds. The molecule has 0 aliphatic carbocycles. The molecule has 1 fully saturated rings. The van der Waals surface area contributed by atoms with Gasteiger partial charge in [-0.25, -0.2) is 17.2 Å². The Labute approximate surface area is 105 Å². The molecule has 0 aromatic heterocycles. The van der Waals surface area contributed by atoms with Crippen molar-refractivity contribution in [2.75, 3.05) is 12.8 Å². The van der Waals surface area contributed by atoms with Gasteiger partial charge in [-0.1, -0.05) is 0 Å². The molecule has 1 aromatic rings. The third-order valence-electron chi connectivity index (χ3n) is 3.37. The molecule has 6 heteroatoms. The Morgan fingerprint density at radius 2 is 1.83 bits per heavy atom. The maximum atomic E-state index is 13.8. The summed E-state index contributed by atoms with van der Waals surface area (Å²) in [6.45, 7) is 2.64. The van der Waals surface area contributed by atoms with Crippen molar-refractivity contribution in [1.82, 2.24) is 5.32 Å². The first-order chi connectivity index (χ1) is 8.24. The molecular weight excluding hydrogens is 260 g/mol. The molecule has 1 atom stereocenters. The Morgan fingerprint density at radius 1 is 1.28 bits per heavy atom. The van der Waals surface area contributed by atoms with Crippen LogP contribution in [0.4, 0.5) is 8.78 Å². The summed E-state index contributed by atoms with van der Waals surface area (Å²) >= 11 is 0. The highest BCUT2D eigenvalue weighted by atomic mass is 32.2. The van der Waals surface area contributed by atoms with E-state index < -0.39 is 31.9 Å². The van der Waals surface area contributed by atoms with Crippen molar-refractivity contribution >= 4 is 9.84 Å². The van der Waals surface area contributed by atoms with Gasteiger partial charge in [-0.05, 0) is 44.0 Å². The van der Waals surface area contributed by atoms with Gasteiger partial charge < -0.3 is 5.32 Å². The highest BCUT2D eigenvalue weighted by Crippen LogP contribution is 2.33. The van der Waals surface area contributed by atoms with Crippen LogP contribution in [-0.4, -0.2) is 21.2 Å². The first-order valence-electron chi connectivity index (χ1n) is 5.69. The minimum atomic E-state index is -3.89. The zero-order valence-corrected chi connectivity index (χ0v) is 11.1. The van der Waals surface area contributed by atoms with Crippen LogP contribution in [0.25, 0.3) is 0 Å². The first-order valence-corrected chi connectivity index (χ1v) is 7.58. The van der Waals surface area contributed by atoms with E-state index in [1.165, 1.54) is 0 Å². The minimum absolute atomic E-state index is 0.447. The number of benzene rings is 1. The van der Waals surface area contributed by atoms with Crippen LogP contribution in [0.2, 0.25) is 0 Å². The third kappa shape index (κ3) is 2.27. The average Bonchev–Trinajstić information content (AvgIpc) is 2.63. The van der Waals surface area contributed by atoms with Crippen LogP contribution in [0.15, 0.2) is 17.0 Å². The van der Waals surface area contributed by atoms with E-state index in [2.05, 4.69) is 5.32 Å². The Bertz CT molecular complexity index is 555. The standard InChI is InChI=1S/C12H15F2NO2S/c1-12(4-3-5-15-12)8-6-9(13)11(10(14)7-8)18(2,16)17/h6-7,15H,3-5H2,1-2H3. The van der Waals surface area contributed by atoms with Gasteiger partial charge in [0.15, 0.2) is 9.84 Å². The normalized spacial score (nSPS) is 24.4. The van der Waals surface area contributed by atoms with Crippen LogP contribution in [0, 0.1) is 11.6 Å². The number of halogens is 2. The molecule has 1 heterocycles. The summed E-state index contributed by atoms with van der Waals surface area (Å²) in [5.41, 5.74) is -0.0417. The van der Waals surface area contributed by atoms with E-state index in [9.17, 15) is 17.2 Å². The molecule has 0 radical (unpaired) electrons. The predicted molar refractivity (Wildman–Crippen MR) is 64.1 cm³/mol. The van der Waals surface area contributed by atoms with Crippen molar-refractivity contribution in [3.05, 3.63) is 29.3 Å². The minimum Gasteiger partial charge on any atom is -0.308 e. The van der Waals surface area contributed by atoms with Gasteiger partial charge in [-0.2, -0.15) is 0 Å². The average molecular weight is 275 g/mol. The molecule has 1 aromatic carbocycles. The molecule has 3 nitrogen and oxygen atoms in total. The second-order valence-electron chi connectivity index (χ2n) is 4.90. The fourth-order valence-electron chi connectivity index (χ4n) is 2.37. The van der Waals surface area contributed by atoms with E-state index in [0.29, 0.717) is 5.56 Å². The Balaban J connectivity index is 2.56. The van der Waals surface area contributed by atoms with Crippen molar-refractivity contribution < 1.29 is 17.2 Å². The predicted octanol–water partition coefficient (Wildman–Crippen LogP) is 1.97. The monoisotopic (exact) mass is 275 g/mol. The lowest BCUT2D eigenvalue weighted by Gasteiger charge is -2.25. The van der Waals surface area contributed by atoms with Crippen molar-refractivity contribution in [2.45, 2.75) is 30.2 Å². The number of nitrogens with one attached hydrogen (secondary N) is 1. The van der Waals surface area contributed by atoms with Crippen LogP contribution in [-0.2, 0) is 15.4 Å². The fraction of sp³-hybridized carbons (Fsp3) is 0.500. The number of hydrogen-bond acceptors (Lipinski definition) is 3. The molecule has 100 valence electrons. The molecule has 1 aliphatic heterocycles. The molecule has 0 spiro atoms. The lowest BCUT2D eigenvalue weighted by Crippen LogP contribution is -2.33. The molecule has 2 rings (SSSR count). The zero-order valence-electron chi connectivity index (χ0n) is 10.3. The number of rotatable bonds is 2. The molecule has 18 heavy (non-hydrogen) atoms. The van der Waals surface area contributed by atoms with Crippen LogP contribution in [0.3, 0.4) is 0 Å². The number of sulfone groups is 1. The van der Waals surface area contributed by atoms with Gasteiger partial charge in [0.1, 0.15) is 16.5 Å². The molecule has 1 N–H and O–H groups in total. The maximum Gasteiger partial charge on any atom is 0.181 e. The Hall–Kier alpha value is -1.01. The number of hydrogen-bond donors (Lipinski definition) is 1. The Kier molecular flexibility index (Phi) is 3.19. The summed E-state index contributed by atoms with van der Waals surface area (Å²) in [6.07, 6.45) is 2.49. The van der Waals surface area contributed by atoms with Gasteiger partial charge in [0.2, 0.25) is 0 Å². The fourth-order valence-corrected chi connectivity index (χ4v) is 3.20. The Morgan fingerprint density at radius 3 is 2.22 bits per heavy atom. The lowest BCUT2D eigenvalue weighted by atomic mass is 9.90. The van der Waals surface area contributed by atoms with E-state index >= 15 is 0 Å². The van der Waals surface area contributed by atoms with Gasteiger partial charge in [0.25, 0.3) is 0 Å². The summed E-state index contributed by atoms with van der Waals surface area (Å²) in [6, 6.07) is 2.22. The largest absolute Gasteiger partial charge is 0.308 e. The molecule has 0 bridgehead atoms. The zero-order chi connectivity index (χ0) is 13.6. The molecule has 1 unspecified atom stereocenters. The topological polar surface area (TPSA) is 46.2 Å². The molecule has 0 saturated carbocycles. The van der Waals surface area contributed by atoms with Crippen molar-refractivity contribution in [3.8, 4) is 0 Å². The lowest BCUT2D eigenvalue weighted by molar-refractivity contribution is 0.423. The van der Waals surface area contributed by atoms with Gasteiger partial charge in [0.05, 0.1) is 0 Å². The van der Waals surface area contributed by atoms with Crippen LogP contribution in [0.1, 0.15) is 25.3 Å². The van der Waals surface area contributed by atoms with E-state index in [1.807, 2.05) is 6.92 Å². The summed E-state index contributed by atoms with van der Waals surface area (Å²) in [7, 11) is -3.89. The van der Waals surface area contributed by atoms with Gasteiger partial charge in [-0.15, -0.1) is 0 Å². The highest BCUT2D eigenvalue weighted by Gasteiger charge is 2.32. The van der Waals surface area contributed by atoms with Gasteiger partial charge in [-0.3, -0.25) is 0 Å². The van der Waals surface area contributed by atoms with Crippen molar-refractivity contribution in [3.63, 3.8) is 0 Å². The van der Waals surface area contributed by atoms with Crippen LogP contribution >= 0.6 is 0 Å². The van der Waals surface area contributed by atoms with Crippen molar-refractivity contribution in [2.24, 2.45) is 0 Å². The van der Waals surface area contributed by atoms with E-state index in [1.54, 1.807) is 0 Å². The summed E-state index contributed by atoms with van der Waals surface area (Å²) in [5, 5.41) is 3.18. The molecule has 1 aliphatic rings. The summed E-state index contributed by atoms with van der Waals surface area (Å²) in [4.78, 5) is -0.854. The van der Waals surface area contributed by atoms with E-state index in [-0.39, 0.29) is 0 Å². The first kappa shape index (κ1) is 13.4. The SMILES string of the molecule is CC1(c2cc(F)c(S(C)(=O)=O)c(F)c2)CCCN1. The second-order valence-corrected chi connectivity index (χ2v) is 6.86. The smallest absolute Gasteiger partial charge is 0.181 e. The van der Waals surface area contributed by atoms with Crippen LogP contribution in [0.5, 0.6) is 0 Å². The third-order valence-corrected chi connectivity index (χ3v) is 4.51.